The Kier molecular flexibility index (Phi) is 7.57. The predicted molar refractivity (Wildman–Crippen MR) is 82.2 cm³/mol. The first-order valence-electron chi connectivity index (χ1n) is 7.02. The summed E-state index contributed by atoms with van der Waals surface area (Å²) in [6.45, 7) is 4.38. The Hall–Kier alpha value is -0.450. The van der Waals surface area contributed by atoms with Crippen LogP contribution in [0.1, 0.15) is 45.1 Å². The van der Waals surface area contributed by atoms with Crippen LogP contribution in [0, 0.1) is 11.7 Å². The normalized spacial score (nSPS) is 14.4. The average molecular weight is 331 g/mol. The third-order valence-corrected chi connectivity index (χ3v) is 4.46. The van der Waals surface area contributed by atoms with Crippen LogP contribution in [0.25, 0.3) is 0 Å². The molecule has 2 nitrogen and oxygen atoms in total. The molecule has 19 heavy (non-hydrogen) atoms. The second-order valence-electron chi connectivity index (χ2n) is 5.02. The summed E-state index contributed by atoms with van der Waals surface area (Å²) in [5.41, 5.74) is 3.88. The monoisotopic (exact) mass is 330 g/mol. The van der Waals surface area contributed by atoms with Crippen molar-refractivity contribution >= 4 is 15.9 Å². The van der Waals surface area contributed by atoms with E-state index in [1.165, 1.54) is 18.9 Å². The first-order valence-corrected chi connectivity index (χ1v) is 7.81. The molecule has 0 aliphatic heterocycles. The molecule has 1 aromatic rings. The maximum Gasteiger partial charge on any atom is 0.123 e. The van der Waals surface area contributed by atoms with E-state index in [-0.39, 0.29) is 11.9 Å². The summed E-state index contributed by atoms with van der Waals surface area (Å²) in [5.74, 6) is 6.03. The Morgan fingerprint density at radius 1 is 1.37 bits per heavy atom. The van der Waals surface area contributed by atoms with Gasteiger partial charge >= 0.3 is 0 Å². The Bertz CT molecular complexity index is 384. The zero-order chi connectivity index (χ0) is 14.3. The molecule has 4 heteroatoms. The zero-order valence-corrected chi connectivity index (χ0v) is 13.3. The minimum absolute atomic E-state index is 0.189. The van der Waals surface area contributed by atoms with E-state index in [0.29, 0.717) is 5.92 Å². The van der Waals surface area contributed by atoms with Gasteiger partial charge in [-0.1, -0.05) is 49.0 Å². The van der Waals surface area contributed by atoms with Gasteiger partial charge in [-0.3, -0.25) is 11.3 Å². The molecule has 0 aromatic heterocycles. The van der Waals surface area contributed by atoms with Gasteiger partial charge in [-0.05, 0) is 42.5 Å². The van der Waals surface area contributed by atoms with Crippen molar-refractivity contribution in [3.63, 3.8) is 0 Å². The molecule has 1 aromatic carbocycles. The largest absolute Gasteiger partial charge is 0.271 e. The second kappa shape index (κ2) is 8.67. The number of hydrogen-bond acceptors (Lipinski definition) is 2. The van der Waals surface area contributed by atoms with Crippen LogP contribution in [0.2, 0.25) is 0 Å². The van der Waals surface area contributed by atoms with Crippen molar-refractivity contribution in [2.75, 3.05) is 0 Å². The van der Waals surface area contributed by atoms with Gasteiger partial charge in [0.2, 0.25) is 0 Å². The molecule has 0 fully saturated rings. The molecule has 0 saturated heterocycles. The Labute approximate surface area is 124 Å². The summed E-state index contributed by atoms with van der Waals surface area (Å²) in [6.07, 6.45) is 5.39. The van der Waals surface area contributed by atoms with Crippen molar-refractivity contribution in [2.45, 2.75) is 52.0 Å². The second-order valence-corrected chi connectivity index (χ2v) is 5.88. The summed E-state index contributed by atoms with van der Waals surface area (Å²) >= 11 is 3.48. The summed E-state index contributed by atoms with van der Waals surface area (Å²) in [6, 6.07) is 4.99. The fourth-order valence-electron chi connectivity index (χ4n) is 2.45. The van der Waals surface area contributed by atoms with Gasteiger partial charge < -0.3 is 0 Å². The number of benzene rings is 1. The van der Waals surface area contributed by atoms with Crippen LogP contribution in [0.4, 0.5) is 4.39 Å². The third kappa shape index (κ3) is 5.21. The van der Waals surface area contributed by atoms with Crippen molar-refractivity contribution in [1.29, 1.82) is 0 Å². The molecule has 2 unspecified atom stereocenters. The molecule has 0 spiro atoms. The average Bonchev–Trinajstić information content (AvgIpc) is 2.41. The summed E-state index contributed by atoms with van der Waals surface area (Å²) < 4.78 is 14.3. The molecule has 0 saturated carbocycles. The molecule has 3 N–H and O–H groups in total. The van der Waals surface area contributed by atoms with Crippen LogP contribution in [0.3, 0.4) is 0 Å². The van der Waals surface area contributed by atoms with Gasteiger partial charge in [0.1, 0.15) is 5.82 Å². The van der Waals surface area contributed by atoms with E-state index in [9.17, 15) is 4.39 Å². The third-order valence-electron chi connectivity index (χ3n) is 3.68. The van der Waals surface area contributed by atoms with Gasteiger partial charge in [0.15, 0.2) is 0 Å². The van der Waals surface area contributed by atoms with Crippen LogP contribution in [0.5, 0.6) is 0 Å². The number of nitrogens with one attached hydrogen (secondary N) is 1. The first kappa shape index (κ1) is 16.6. The van der Waals surface area contributed by atoms with Gasteiger partial charge in [-0.2, -0.15) is 0 Å². The Morgan fingerprint density at radius 3 is 2.68 bits per heavy atom. The number of unbranched alkanes of at least 4 members (excludes halogenated alkanes) is 1. The van der Waals surface area contributed by atoms with Gasteiger partial charge in [-0.25, -0.2) is 4.39 Å². The molecule has 0 bridgehead atoms. The van der Waals surface area contributed by atoms with Crippen molar-refractivity contribution < 1.29 is 4.39 Å². The molecule has 0 radical (unpaired) electrons. The summed E-state index contributed by atoms with van der Waals surface area (Å²) in [7, 11) is 0. The van der Waals surface area contributed by atoms with E-state index < -0.39 is 0 Å². The predicted octanol–water partition coefficient (Wildman–Crippen LogP) is 4.18. The molecule has 1 rings (SSSR count). The van der Waals surface area contributed by atoms with Crippen LogP contribution in [-0.2, 0) is 6.42 Å². The fraction of sp³-hybridized carbons (Fsp3) is 0.600. The smallest absolute Gasteiger partial charge is 0.123 e. The number of hydrazine groups is 1. The van der Waals surface area contributed by atoms with Crippen LogP contribution >= 0.6 is 15.9 Å². The molecule has 2 atom stereocenters. The molecule has 0 heterocycles. The van der Waals surface area contributed by atoms with E-state index in [0.717, 1.165) is 29.3 Å². The number of halogens is 2. The van der Waals surface area contributed by atoms with E-state index in [1.54, 1.807) is 12.1 Å². The van der Waals surface area contributed by atoms with Crippen LogP contribution < -0.4 is 11.3 Å². The quantitative estimate of drug-likeness (QED) is 0.554. The molecule has 108 valence electrons. The number of nitrogens with two attached hydrogens (primary N) is 1. The highest BCUT2D eigenvalue weighted by Crippen LogP contribution is 2.24. The lowest BCUT2D eigenvalue weighted by Crippen LogP contribution is -2.42. The van der Waals surface area contributed by atoms with E-state index >= 15 is 0 Å². The minimum Gasteiger partial charge on any atom is -0.271 e. The lowest BCUT2D eigenvalue weighted by molar-refractivity contribution is 0.318. The highest BCUT2D eigenvalue weighted by atomic mass is 79.9. The molecule has 0 amide bonds. The maximum atomic E-state index is 13.3. The lowest BCUT2D eigenvalue weighted by atomic mass is 9.88. The SMILES string of the molecule is CCCCC(CC)C(Cc1cc(F)ccc1Br)NN. The van der Waals surface area contributed by atoms with Crippen LogP contribution in [0.15, 0.2) is 22.7 Å². The van der Waals surface area contributed by atoms with Crippen LogP contribution in [-0.4, -0.2) is 6.04 Å². The fourth-order valence-corrected chi connectivity index (χ4v) is 2.86. The minimum atomic E-state index is -0.199. The van der Waals surface area contributed by atoms with Gasteiger partial charge in [-0.15, -0.1) is 0 Å². The molecule has 0 aliphatic carbocycles. The standard InChI is InChI=1S/C15H24BrFN2/c1-3-5-6-11(4-2)15(19-18)10-12-9-13(17)7-8-14(12)16/h7-9,11,15,19H,3-6,10,18H2,1-2H3. The topological polar surface area (TPSA) is 38.0 Å². The van der Waals surface area contributed by atoms with E-state index in [2.05, 4.69) is 35.2 Å². The van der Waals surface area contributed by atoms with E-state index in [1.807, 2.05) is 0 Å². The highest BCUT2D eigenvalue weighted by Gasteiger charge is 2.20. The first-order chi connectivity index (χ1) is 9.12. The van der Waals surface area contributed by atoms with Crippen molar-refractivity contribution in [1.82, 2.24) is 5.43 Å². The molecule has 0 aliphatic rings. The highest BCUT2D eigenvalue weighted by molar-refractivity contribution is 9.10. The lowest BCUT2D eigenvalue weighted by Gasteiger charge is -2.26. The van der Waals surface area contributed by atoms with Crippen molar-refractivity contribution in [3.8, 4) is 0 Å². The van der Waals surface area contributed by atoms with Gasteiger partial charge in [0.25, 0.3) is 0 Å². The van der Waals surface area contributed by atoms with Gasteiger partial charge in [0, 0.05) is 10.5 Å². The number of hydrogen-bond donors (Lipinski definition) is 2. The summed E-state index contributed by atoms with van der Waals surface area (Å²) in [4.78, 5) is 0. The Morgan fingerprint density at radius 2 is 2.11 bits per heavy atom. The van der Waals surface area contributed by atoms with Gasteiger partial charge in [0.05, 0.1) is 0 Å². The maximum absolute atomic E-state index is 13.3. The molecular formula is C15H24BrFN2. The molecular weight excluding hydrogens is 307 g/mol. The van der Waals surface area contributed by atoms with E-state index in [4.69, 9.17) is 5.84 Å². The number of rotatable bonds is 8. The Balaban J connectivity index is 2.76. The summed E-state index contributed by atoms with van der Waals surface area (Å²) in [5, 5.41) is 0. The zero-order valence-electron chi connectivity index (χ0n) is 11.8. The van der Waals surface area contributed by atoms with Crippen molar-refractivity contribution in [3.05, 3.63) is 34.1 Å². The van der Waals surface area contributed by atoms with Crippen molar-refractivity contribution in [2.24, 2.45) is 11.8 Å².